The molecule has 1 nitrogen and oxygen atoms in total. The van der Waals surface area contributed by atoms with Crippen LogP contribution in [0.1, 0.15) is 31.4 Å². The lowest BCUT2D eigenvalue weighted by Gasteiger charge is -2.13. The fourth-order valence-electron chi connectivity index (χ4n) is 1.65. The van der Waals surface area contributed by atoms with Gasteiger partial charge in [-0.1, -0.05) is 19.1 Å². The zero-order valence-corrected chi connectivity index (χ0v) is 10.1. The van der Waals surface area contributed by atoms with Gasteiger partial charge in [0.25, 0.3) is 0 Å². The maximum atomic E-state index is 12.3. The molecule has 0 aromatic heterocycles. The molecular formula is C13H18F3N. The lowest BCUT2D eigenvalue weighted by Crippen LogP contribution is -2.28. The Morgan fingerprint density at radius 1 is 1.18 bits per heavy atom. The molecule has 1 aromatic carbocycles. The van der Waals surface area contributed by atoms with E-state index in [9.17, 15) is 13.2 Å². The molecule has 17 heavy (non-hydrogen) atoms. The van der Waals surface area contributed by atoms with E-state index in [1.165, 1.54) is 0 Å². The lowest BCUT2D eigenvalue weighted by atomic mass is 10.0. The van der Waals surface area contributed by atoms with E-state index in [2.05, 4.69) is 12.2 Å². The van der Waals surface area contributed by atoms with Gasteiger partial charge in [0.1, 0.15) is 0 Å². The molecule has 0 aliphatic heterocycles. The Balaban J connectivity index is 2.56. The van der Waals surface area contributed by atoms with Crippen LogP contribution in [0.4, 0.5) is 13.2 Å². The molecule has 0 radical (unpaired) electrons. The number of halogens is 3. The van der Waals surface area contributed by atoms with E-state index in [1.807, 2.05) is 6.92 Å². The van der Waals surface area contributed by atoms with Gasteiger partial charge in [-0.15, -0.1) is 0 Å². The van der Waals surface area contributed by atoms with Crippen molar-refractivity contribution < 1.29 is 13.2 Å². The Bertz CT molecular complexity index is 330. The molecule has 1 N–H and O–H groups in total. The molecule has 0 saturated heterocycles. The van der Waals surface area contributed by atoms with Crippen LogP contribution < -0.4 is 5.32 Å². The fourth-order valence-corrected chi connectivity index (χ4v) is 1.65. The largest absolute Gasteiger partial charge is 0.416 e. The Morgan fingerprint density at radius 2 is 1.76 bits per heavy atom. The highest BCUT2D eigenvalue weighted by Crippen LogP contribution is 2.29. The summed E-state index contributed by atoms with van der Waals surface area (Å²) in [4.78, 5) is 0. The van der Waals surface area contributed by atoms with E-state index >= 15 is 0 Å². The van der Waals surface area contributed by atoms with E-state index in [-0.39, 0.29) is 6.04 Å². The Labute approximate surface area is 100 Å². The summed E-state index contributed by atoms with van der Waals surface area (Å²) in [6.07, 6.45) is -2.44. The number of hydrogen-bond acceptors (Lipinski definition) is 1. The predicted molar refractivity (Wildman–Crippen MR) is 62.9 cm³/mol. The molecule has 0 heterocycles. The van der Waals surface area contributed by atoms with E-state index in [0.717, 1.165) is 37.1 Å². The molecule has 1 aromatic rings. The maximum Gasteiger partial charge on any atom is 0.416 e. The minimum Gasteiger partial charge on any atom is -0.314 e. The summed E-state index contributed by atoms with van der Waals surface area (Å²) in [6.45, 7) is 5.05. The van der Waals surface area contributed by atoms with Crippen molar-refractivity contribution >= 4 is 0 Å². The molecule has 0 amide bonds. The van der Waals surface area contributed by atoms with Gasteiger partial charge >= 0.3 is 6.18 Å². The Hall–Kier alpha value is -1.03. The van der Waals surface area contributed by atoms with Gasteiger partial charge in [0.05, 0.1) is 5.56 Å². The van der Waals surface area contributed by atoms with Crippen LogP contribution in [-0.4, -0.2) is 12.6 Å². The second-order valence-corrected chi connectivity index (χ2v) is 4.25. The van der Waals surface area contributed by atoms with Gasteiger partial charge < -0.3 is 5.32 Å². The van der Waals surface area contributed by atoms with Crippen LogP contribution in [0.25, 0.3) is 0 Å². The minimum absolute atomic E-state index is 0.284. The maximum absolute atomic E-state index is 12.3. The van der Waals surface area contributed by atoms with Crippen molar-refractivity contribution in [2.75, 3.05) is 6.54 Å². The zero-order chi connectivity index (χ0) is 12.9. The molecule has 0 aliphatic carbocycles. The molecule has 0 spiro atoms. The molecule has 96 valence electrons. The second kappa shape index (κ2) is 6.05. The van der Waals surface area contributed by atoms with Crippen molar-refractivity contribution in [3.63, 3.8) is 0 Å². The van der Waals surface area contributed by atoms with E-state index in [1.54, 1.807) is 12.1 Å². The molecule has 4 heteroatoms. The number of benzene rings is 1. The van der Waals surface area contributed by atoms with Crippen LogP contribution >= 0.6 is 0 Å². The molecule has 0 fully saturated rings. The van der Waals surface area contributed by atoms with Gasteiger partial charge in [-0.25, -0.2) is 0 Å². The summed E-state index contributed by atoms with van der Waals surface area (Å²) in [6, 6.07) is 5.66. The van der Waals surface area contributed by atoms with Crippen LogP contribution in [-0.2, 0) is 12.6 Å². The van der Waals surface area contributed by atoms with Gasteiger partial charge in [0.15, 0.2) is 0 Å². The first-order chi connectivity index (χ1) is 7.93. The molecule has 1 atom stereocenters. The summed E-state index contributed by atoms with van der Waals surface area (Å²) in [5.74, 6) is 0. The van der Waals surface area contributed by atoms with Gasteiger partial charge in [0, 0.05) is 6.04 Å². The van der Waals surface area contributed by atoms with Crippen molar-refractivity contribution in [2.45, 2.75) is 38.9 Å². The van der Waals surface area contributed by atoms with Crippen molar-refractivity contribution in [2.24, 2.45) is 0 Å². The monoisotopic (exact) mass is 245 g/mol. The fraction of sp³-hybridized carbons (Fsp3) is 0.538. The van der Waals surface area contributed by atoms with Crippen molar-refractivity contribution in [1.29, 1.82) is 0 Å². The first-order valence-electron chi connectivity index (χ1n) is 5.83. The van der Waals surface area contributed by atoms with Gasteiger partial charge in [-0.3, -0.25) is 0 Å². The summed E-state index contributed by atoms with van der Waals surface area (Å²) in [5, 5.41) is 3.30. The average Bonchev–Trinajstić information content (AvgIpc) is 2.26. The minimum atomic E-state index is -4.25. The highest BCUT2D eigenvalue weighted by molar-refractivity contribution is 5.25. The van der Waals surface area contributed by atoms with Crippen molar-refractivity contribution in [3.05, 3.63) is 35.4 Å². The number of hydrogen-bond donors (Lipinski definition) is 1. The predicted octanol–water partition coefficient (Wildman–Crippen LogP) is 3.64. The van der Waals surface area contributed by atoms with Crippen LogP contribution in [0.15, 0.2) is 24.3 Å². The molecule has 0 bridgehead atoms. The molecule has 1 rings (SSSR count). The quantitative estimate of drug-likeness (QED) is 0.835. The third kappa shape index (κ3) is 4.77. The molecule has 1 unspecified atom stereocenters. The first-order valence-corrected chi connectivity index (χ1v) is 5.83. The second-order valence-electron chi connectivity index (χ2n) is 4.25. The zero-order valence-electron chi connectivity index (χ0n) is 10.1. The smallest absolute Gasteiger partial charge is 0.314 e. The summed E-state index contributed by atoms with van der Waals surface area (Å²) in [5.41, 5.74) is 0.338. The van der Waals surface area contributed by atoms with Crippen LogP contribution in [0.3, 0.4) is 0 Å². The average molecular weight is 245 g/mol. The van der Waals surface area contributed by atoms with Crippen LogP contribution in [0.5, 0.6) is 0 Å². The standard InChI is InChI=1S/C13H18F3N/c1-3-8-17-10(2)9-11-4-6-12(7-5-11)13(14,15)16/h4-7,10,17H,3,8-9H2,1-2H3. The third-order valence-corrected chi connectivity index (χ3v) is 2.57. The first kappa shape index (κ1) is 14.0. The molecule has 0 saturated carbocycles. The SMILES string of the molecule is CCCNC(C)Cc1ccc(C(F)(F)F)cc1. The Kier molecular flexibility index (Phi) is 5.00. The van der Waals surface area contributed by atoms with Gasteiger partial charge in [-0.2, -0.15) is 13.2 Å². The highest BCUT2D eigenvalue weighted by atomic mass is 19.4. The van der Waals surface area contributed by atoms with Crippen molar-refractivity contribution in [3.8, 4) is 0 Å². The van der Waals surface area contributed by atoms with Gasteiger partial charge in [-0.05, 0) is 44.0 Å². The van der Waals surface area contributed by atoms with Crippen molar-refractivity contribution in [1.82, 2.24) is 5.32 Å². The van der Waals surface area contributed by atoms with E-state index < -0.39 is 11.7 Å². The molecular weight excluding hydrogens is 227 g/mol. The third-order valence-electron chi connectivity index (χ3n) is 2.57. The number of alkyl halides is 3. The summed E-state index contributed by atoms with van der Waals surface area (Å²) >= 11 is 0. The highest BCUT2D eigenvalue weighted by Gasteiger charge is 2.29. The molecule has 0 aliphatic rings. The van der Waals surface area contributed by atoms with Crippen LogP contribution in [0, 0.1) is 0 Å². The lowest BCUT2D eigenvalue weighted by molar-refractivity contribution is -0.137. The summed E-state index contributed by atoms with van der Waals surface area (Å²) in [7, 11) is 0. The van der Waals surface area contributed by atoms with E-state index in [0.29, 0.717) is 0 Å². The van der Waals surface area contributed by atoms with Crippen LogP contribution in [0.2, 0.25) is 0 Å². The van der Waals surface area contributed by atoms with Gasteiger partial charge in [0.2, 0.25) is 0 Å². The number of rotatable bonds is 5. The normalized spacial score (nSPS) is 13.7. The Morgan fingerprint density at radius 3 is 2.24 bits per heavy atom. The number of nitrogens with one attached hydrogen (secondary N) is 1. The summed E-state index contributed by atoms with van der Waals surface area (Å²) < 4.78 is 37.0. The van der Waals surface area contributed by atoms with E-state index in [4.69, 9.17) is 0 Å². The topological polar surface area (TPSA) is 12.0 Å².